The first-order valence-electron chi connectivity index (χ1n) is 7.57. The lowest BCUT2D eigenvalue weighted by Gasteiger charge is -2.21. The van der Waals surface area contributed by atoms with Crippen LogP contribution in [0.15, 0.2) is 12.4 Å². The van der Waals surface area contributed by atoms with Crippen LogP contribution in [-0.4, -0.2) is 27.3 Å². The van der Waals surface area contributed by atoms with Gasteiger partial charge in [-0.15, -0.1) is 11.3 Å². The molecule has 0 saturated heterocycles. The Labute approximate surface area is 133 Å². The molecule has 0 aromatic carbocycles. The van der Waals surface area contributed by atoms with E-state index in [9.17, 15) is 4.79 Å². The molecular weight excluding hydrogens is 298 g/mol. The highest BCUT2D eigenvalue weighted by molar-refractivity contribution is 7.11. The van der Waals surface area contributed by atoms with Crippen molar-refractivity contribution in [1.82, 2.24) is 25.4 Å². The van der Waals surface area contributed by atoms with E-state index in [0.717, 1.165) is 23.4 Å². The van der Waals surface area contributed by atoms with Gasteiger partial charge in [0.05, 0.1) is 16.9 Å². The van der Waals surface area contributed by atoms with E-state index in [1.165, 1.54) is 17.0 Å². The molecule has 1 unspecified atom stereocenters. The molecule has 0 radical (unpaired) electrons. The second-order valence-electron chi connectivity index (χ2n) is 5.72. The summed E-state index contributed by atoms with van der Waals surface area (Å²) in [5.74, 6) is 0.345. The van der Waals surface area contributed by atoms with Gasteiger partial charge >= 0.3 is 6.03 Å². The lowest BCUT2D eigenvalue weighted by Crippen LogP contribution is -2.37. The molecule has 3 rings (SSSR count). The maximum Gasteiger partial charge on any atom is 0.315 e. The molecule has 2 N–H and O–H groups in total. The highest BCUT2D eigenvalue weighted by atomic mass is 32.1. The molecule has 1 atom stereocenters. The third-order valence-electron chi connectivity index (χ3n) is 3.90. The number of urea groups is 1. The van der Waals surface area contributed by atoms with Crippen LogP contribution in [0.1, 0.15) is 39.9 Å². The number of carbonyl (C=O) groups is 1. The van der Waals surface area contributed by atoms with Crippen molar-refractivity contribution in [2.75, 3.05) is 6.54 Å². The molecule has 0 spiro atoms. The van der Waals surface area contributed by atoms with Crippen molar-refractivity contribution in [1.29, 1.82) is 0 Å². The summed E-state index contributed by atoms with van der Waals surface area (Å²) in [4.78, 5) is 18.0. The van der Waals surface area contributed by atoms with Crippen LogP contribution in [0.25, 0.3) is 0 Å². The summed E-state index contributed by atoms with van der Waals surface area (Å²) in [6, 6.07) is -0.136. The summed E-state index contributed by atoms with van der Waals surface area (Å²) in [6.45, 7) is 3.19. The van der Waals surface area contributed by atoms with Crippen LogP contribution in [0.5, 0.6) is 0 Å². The van der Waals surface area contributed by atoms with Crippen molar-refractivity contribution in [2.45, 2.75) is 38.6 Å². The fraction of sp³-hybridized carbons (Fsp3) is 0.533. The average Bonchev–Trinajstić information content (AvgIpc) is 3.07. The summed E-state index contributed by atoms with van der Waals surface area (Å²) >= 11 is 1.79. The van der Waals surface area contributed by atoms with E-state index in [4.69, 9.17) is 0 Å². The van der Waals surface area contributed by atoms with Crippen LogP contribution in [0, 0.1) is 6.92 Å². The highest BCUT2D eigenvalue weighted by Crippen LogP contribution is 2.34. The predicted molar refractivity (Wildman–Crippen MR) is 86.0 cm³/mol. The Balaban J connectivity index is 1.49. The summed E-state index contributed by atoms with van der Waals surface area (Å²) < 4.78 is 1.73. The first-order chi connectivity index (χ1) is 10.6. The van der Waals surface area contributed by atoms with E-state index in [1.54, 1.807) is 22.2 Å². The van der Waals surface area contributed by atoms with Crippen LogP contribution in [-0.2, 0) is 20.0 Å². The molecule has 2 amide bonds. The zero-order valence-corrected chi connectivity index (χ0v) is 13.7. The molecule has 6 nitrogen and oxygen atoms in total. The van der Waals surface area contributed by atoms with E-state index < -0.39 is 0 Å². The van der Waals surface area contributed by atoms with E-state index in [1.807, 2.05) is 20.2 Å². The van der Waals surface area contributed by atoms with Crippen molar-refractivity contribution in [2.24, 2.45) is 7.05 Å². The van der Waals surface area contributed by atoms with Crippen LogP contribution in [0.4, 0.5) is 4.79 Å². The molecule has 0 saturated carbocycles. The van der Waals surface area contributed by atoms with Crippen molar-refractivity contribution in [3.8, 4) is 0 Å². The molecule has 2 aromatic rings. The summed E-state index contributed by atoms with van der Waals surface area (Å²) in [7, 11) is 1.86. The number of amides is 2. The van der Waals surface area contributed by atoms with Crippen molar-refractivity contribution >= 4 is 17.4 Å². The monoisotopic (exact) mass is 319 g/mol. The van der Waals surface area contributed by atoms with Crippen molar-refractivity contribution in [3.05, 3.63) is 33.5 Å². The molecule has 1 aliphatic rings. The number of hydrogen-bond donors (Lipinski definition) is 2. The first-order valence-corrected chi connectivity index (χ1v) is 8.39. The zero-order valence-electron chi connectivity index (χ0n) is 12.9. The van der Waals surface area contributed by atoms with Gasteiger partial charge in [-0.25, -0.2) is 9.78 Å². The number of thiazole rings is 1. The van der Waals surface area contributed by atoms with Gasteiger partial charge in [-0.1, -0.05) is 0 Å². The van der Waals surface area contributed by atoms with Gasteiger partial charge in [-0.05, 0) is 26.2 Å². The molecule has 22 heavy (non-hydrogen) atoms. The van der Waals surface area contributed by atoms with Gasteiger partial charge in [-0.3, -0.25) is 4.68 Å². The third kappa shape index (κ3) is 3.47. The fourth-order valence-corrected chi connectivity index (χ4v) is 3.92. The third-order valence-corrected chi connectivity index (χ3v) is 4.94. The van der Waals surface area contributed by atoms with E-state index in [-0.39, 0.29) is 6.03 Å². The van der Waals surface area contributed by atoms with E-state index in [2.05, 4.69) is 20.7 Å². The van der Waals surface area contributed by atoms with Crippen LogP contribution < -0.4 is 10.6 Å². The summed E-state index contributed by atoms with van der Waals surface area (Å²) in [5, 5.41) is 11.0. The lowest BCUT2D eigenvalue weighted by molar-refractivity contribution is 0.239. The maximum absolute atomic E-state index is 11.9. The van der Waals surface area contributed by atoms with Gasteiger partial charge < -0.3 is 10.6 Å². The molecule has 118 valence electrons. The highest BCUT2D eigenvalue weighted by Gasteiger charge is 2.24. The van der Waals surface area contributed by atoms with Gasteiger partial charge in [0, 0.05) is 42.7 Å². The summed E-state index contributed by atoms with van der Waals surface area (Å²) in [6.07, 6.45) is 7.05. The van der Waals surface area contributed by atoms with Gasteiger partial charge in [0.1, 0.15) is 0 Å². The number of nitrogens with one attached hydrogen (secondary N) is 2. The Kier molecular flexibility index (Phi) is 4.42. The quantitative estimate of drug-likeness (QED) is 0.906. The number of nitrogens with zero attached hydrogens (tertiary/aromatic N) is 3. The van der Waals surface area contributed by atoms with E-state index in [0.29, 0.717) is 19.0 Å². The number of hydrogen-bond acceptors (Lipinski definition) is 4. The Morgan fingerprint density at radius 3 is 3.14 bits per heavy atom. The lowest BCUT2D eigenvalue weighted by atomic mass is 9.91. The SMILES string of the molecule is Cc1nc2c(s1)CCCC2CNC(=O)NCc1cnn(C)c1. The van der Waals surface area contributed by atoms with E-state index >= 15 is 0 Å². The Bertz CT molecular complexity index is 663. The largest absolute Gasteiger partial charge is 0.337 e. The van der Waals surface area contributed by atoms with Crippen molar-refractivity contribution < 1.29 is 4.79 Å². The zero-order chi connectivity index (χ0) is 15.5. The number of aromatic nitrogens is 3. The average molecular weight is 319 g/mol. The minimum Gasteiger partial charge on any atom is -0.337 e. The topological polar surface area (TPSA) is 71.8 Å². The fourth-order valence-electron chi connectivity index (χ4n) is 2.85. The van der Waals surface area contributed by atoms with Gasteiger partial charge in [0.15, 0.2) is 0 Å². The van der Waals surface area contributed by atoms with Crippen LogP contribution >= 0.6 is 11.3 Å². The summed E-state index contributed by atoms with van der Waals surface area (Å²) in [5.41, 5.74) is 2.19. The molecule has 2 heterocycles. The molecule has 2 aromatic heterocycles. The second-order valence-corrected chi connectivity index (χ2v) is 7.00. The van der Waals surface area contributed by atoms with Crippen LogP contribution in [0.2, 0.25) is 0 Å². The van der Waals surface area contributed by atoms with Crippen molar-refractivity contribution in [3.63, 3.8) is 0 Å². The molecule has 7 heteroatoms. The number of fused-ring (bicyclic) bond motifs is 1. The first kappa shape index (κ1) is 15.0. The molecule has 0 aliphatic heterocycles. The smallest absolute Gasteiger partial charge is 0.315 e. The van der Waals surface area contributed by atoms with Crippen LogP contribution in [0.3, 0.4) is 0 Å². The second kappa shape index (κ2) is 6.48. The Morgan fingerprint density at radius 1 is 1.50 bits per heavy atom. The van der Waals surface area contributed by atoms with Gasteiger partial charge in [0.2, 0.25) is 0 Å². The number of aryl methyl sites for hydroxylation is 3. The number of rotatable bonds is 4. The predicted octanol–water partition coefficient (Wildman–Crippen LogP) is 2.10. The number of carbonyl (C=O) groups excluding carboxylic acids is 1. The minimum atomic E-state index is -0.136. The molecule has 1 aliphatic carbocycles. The molecular formula is C15H21N5OS. The molecule has 0 fully saturated rings. The molecule has 0 bridgehead atoms. The van der Waals surface area contributed by atoms with Gasteiger partial charge in [-0.2, -0.15) is 5.10 Å². The standard InChI is InChI=1S/C15H21N5OS/c1-10-19-14-12(4-3-5-13(14)22-10)8-17-15(21)16-6-11-7-18-20(2)9-11/h7,9,12H,3-6,8H2,1-2H3,(H2,16,17,21). The maximum atomic E-state index is 11.9. The normalized spacial score (nSPS) is 17.1. The Hall–Kier alpha value is -1.89. The minimum absolute atomic E-state index is 0.136. The Morgan fingerprint density at radius 2 is 2.36 bits per heavy atom. The van der Waals surface area contributed by atoms with Gasteiger partial charge in [0.25, 0.3) is 0 Å².